The van der Waals surface area contributed by atoms with E-state index < -0.39 is 10.0 Å². The van der Waals surface area contributed by atoms with Crippen molar-refractivity contribution in [2.75, 3.05) is 33.2 Å². The van der Waals surface area contributed by atoms with Crippen molar-refractivity contribution in [1.29, 1.82) is 0 Å². The molecule has 1 N–H and O–H groups in total. The molecule has 2 heterocycles. The van der Waals surface area contributed by atoms with Gasteiger partial charge in [0.1, 0.15) is 0 Å². The average molecular weight is 271 g/mol. The van der Waals surface area contributed by atoms with Gasteiger partial charge < -0.3 is 9.88 Å². The summed E-state index contributed by atoms with van der Waals surface area (Å²) in [5.41, 5.74) is -0.301. The highest BCUT2D eigenvalue weighted by molar-refractivity contribution is 7.89. The second kappa shape index (κ2) is 5.21. The molecule has 7 heteroatoms. The van der Waals surface area contributed by atoms with Crippen LogP contribution in [0.15, 0.2) is 28.0 Å². The molecule has 0 radical (unpaired) electrons. The molecule has 1 aliphatic heterocycles. The Bertz CT molecular complexity index is 547. The van der Waals surface area contributed by atoms with E-state index in [0.29, 0.717) is 13.1 Å². The van der Waals surface area contributed by atoms with Crippen LogP contribution in [-0.4, -0.2) is 55.8 Å². The van der Waals surface area contributed by atoms with Gasteiger partial charge in [-0.25, -0.2) is 8.42 Å². The number of hydrogen-bond donors (Lipinski definition) is 1. The Balaban J connectivity index is 2.25. The maximum absolute atomic E-state index is 12.3. The molecule has 1 fully saturated rings. The summed E-state index contributed by atoms with van der Waals surface area (Å²) >= 11 is 0. The fourth-order valence-corrected chi connectivity index (χ4v) is 3.41. The average Bonchev–Trinajstić information content (AvgIpc) is 2.55. The second-order valence-electron chi connectivity index (χ2n) is 4.45. The zero-order valence-corrected chi connectivity index (χ0v) is 11.1. The van der Waals surface area contributed by atoms with Crippen LogP contribution in [0.25, 0.3) is 0 Å². The highest BCUT2D eigenvalue weighted by Gasteiger charge is 2.26. The van der Waals surface area contributed by atoms with E-state index in [2.05, 4.69) is 9.88 Å². The summed E-state index contributed by atoms with van der Waals surface area (Å²) in [6, 6.07) is 2.58. The molecule has 100 valence electrons. The maximum Gasteiger partial charge on any atom is 0.247 e. The number of nitrogens with one attached hydrogen (secondary N) is 1. The summed E-state index contributed by atoms with van der Waals surface area (Å²) in [5, 5.41) is 0. The first kappa shape index (κ1) is 13.3. The molecule has 0 bridgehead atoms. The van der Waals surface area contributed by atoms with E-state index in [1.54, 1.807) is 0 Å². The molecule has 0 spiro atoms. The maximum atomic E-state index is 12.3. The summed E-state index contributed by atoms with van der Waals surface area (Å²) in [4.78, 5) is 15.6. The monoisotopic (exact) mass is 271 g/mol. The first-order valence-corrected chi connectivity index (χ1v) is 7.31. The smallest absolute Gasteiger partial charge is 0.247 e. The molecular formula is C11H17N3O3S. The Morgan fingerprint density at radius 1 is 1.17 bits per heavy atom. The lowest BCUT2D eigenvalue weighted by Crippen LogP contribution is -2.34. The molecule has 18 heavy (non-hydrogen) atoms. The van der Waals surface area contributed by atoms with Crippen LogP contribution in [0.4, 0.5) is 0 Å². The number of sulfonamides is 1. The van der Waals surface area contributed by atoms with Crippen molar-refractivity contribution in [3.05, 3.63) is 28.7 Å². The minimum absolute atomic E-state index is 0.145. The fraction of sp³-hybridized carbons (Fsp3) is 0.545. The normalized spacial score (nSPS) is 19.6. The third-order valence-electron chi connectivity index (χ3n) is 3.07. The molecule has 0 unspecified atom stereocenters. The molecule has 1 saturated heterocycles. The van der Waals surface area contributed by atoms with E-state index in [-0.39, 0.29) is 10.5 Å². The van der Waals surface area contributed by atoms with Gasteiger partial charge in [0.05, 0.1) is 4.90 Å². The van der Waals surface area contributed by atoms with Crippen molar-refractivity contribution in [3.8, 4) is 0 Å². The number of rotatable bonds is 2. The van der Waals surface area contributed by atoms with Crippen molar-refractivity contribution in [1.82, 2.24) is 14.2 Å². The molecule has 1 aromatic rings. The van der Waals surface area contributed by atoms with Gasteiger partial charge in [-0.3, -0.25) is 4.79 Å². The highest BCUT2D eigenvalue weighted by Crippen LogP contribution is 2.15. The fourth-order valence-electron chi connectivity index (χ4n) is 1.97. The van der Waals surface area contributed by atoms with E-state index in [9.17, 15) is 13.2 Å². The zero-order chi connectivity index (χ0) is 13.2. The summed E-state index contributed by atoms with van der Waals surface area (Å²) in [5.74, 6) is 0. The molecule has 6 nitrogen and oxygen atoms in total. The van der Waals surface area contributed by atoms with E-state index >= 15 is 0 Å². The van der Waals surface area contributed by atoms with Gasteiger partial charge in [-0.05, 0) is 26.1 Å². The summed E-state index contributed by atoms with van der Waals surface area (Å²) in [6.07, 6.45) is 2.07. The van der Waals surface area contributed by atoms with Crippen molar-refractivity contribution in [2.45, 2.75) is 11.3 Å². The minimum atomic E-state index is -3.49. The van der Waals surface area contributed by atoms with Crippen LogP contribution < -0.4 is 5.56 Å². The largest absolute Gasteiger partial charge is 0.328 e. The number of hydrogen-bond acceptors (Lipinski definition) is 4. The minimum Gasteiger partial charge on any atom is -0.328 e. The van der Waals surface area contributed by atoms with Gasteiger partial charge in [-0.15, -0.1) is 0 Å². The SMILES string of the molecule is CN1CCCN(S(=O)(=O)c2ccc(=O)[nH]c2)CC1. The number of pyridine rings is 1. The predicted molar refractivity (Wildman–Crippen MR) is 67.9 cm³/mol. The van der Waals surface area contributed by atoms with Crippen molar-refractivity contribution in [3.63, 3.8) is 0 Å². The van der Waals surface area contributed by atoms with Crippen LogP contribution in [0, 0.1) is 0 Å². The lowest BCUT2D eigenvalue weighted by Gasteiger charge is -2.19. The Morgan fingerprint density at radius 3 is 2.61 bits per heavy atom. The van der Waals surface area contributed by atoms with Crippen molar-refractivity contribution in [2.24, 2.45) is 0 Å². The van der Waals surface area contributed by atoms with E-state index in [0.717, 1.165) is 19.5 Å². The third kappa shape index (κ3) is 2.80. The molecule has 2 rings (SSSR count). The van der Waals surface area contributed by atoms with Gasteiger partial charge in [-0.2, -0.15) is 4.31 Å². The van der Waals surface area contributed by atoms with Crippen LogP contribution in [-0.2, 0) is 10.0 Å². The number of aromatic nitrogens is 1. The van der Waals surface area contributed by atoms with Crippen molar-refractivity contribution < 1.29 is 8.42 Å². The summed E-state index contributed by atoms with van der Waals surface area (Å²) in [7, 11) is -1.51. The number of H-pyrrole nitrogens is 1. The molecule has 0 saturated carbocycles. The van der Waals surface area contributed by atoms with E-state index in [1.807, 2.05) is 7.05 Å². The molecule has 0 atom stereocenters. The van der Waals surface area contributed by atoms with Crippen LogP contribution in [0.2, 0.25) is 0 Å². The Morgan fingerprint density at radius 2 is 1.94 bits per heavy atom. The Hall–Kier alpha value is -1.18. The lowest BCUT2D eigenvalue weighted by atomic mass is 10.4. The number of likely N-dealkylation sites (N-methyl/N-ethyl adjacent to an activating group) is 1. The predicted octanol–water partition coefficient (Wildman–Crippen LogP) is -0.299. The van der Waals surface area contributed by atoms with Gasteiger partial charge in [0.15, 0.2) is 0 Å². The first-order chi connectivity index (χ1) is 8.50. The molecule has 1 aromatic heterocycles. The van der Waals surface area contributed by atoms with Crippen molar-refractivity contribution >= 4 is 10.0 Å². The first-order valence-electron chi connectivity index (χ1n) is 5.87. The molecule has 0 aliphatic carbocycles. The number of nitrogens with zero attached hydrogens (tertiary/aromatic N) is 2. The standard InChI is InChI=1S/C11H17N3O3S/c1-13-5-2-6-14(8-7-13)18(16,17)10-3-4-11(15)12-9-10/h3-4,9H,2,5-8H2,1H3,(H,12,15). The van der Waals surface area contributed by atoms with Crippen LogP contribution in [0.1, 0.15) is 6.42 Å². The quantitative estimate of drug-likeness (QED) is 0.801. The molecular weight excluding hydrogens is 254 g/mol. The van der Waals surface area contributed by atoms with Gasteiger partial charge in [0.25, 0.3) is 0 Å². The summed E-state index contributed by atoms with van der Waals surface area (Å²) in [6.45, 7) is 2.63. The van der Waals surface area contributed by atoms with E-state index in [1.165, 1.54) is 22.6 Å². The van der Waals surface area contributed by atoms with Crippen LogP contribution in [0.5, 0.6) is 0 Å². The summed E-state index contributed by atoms with van der Waals surface area (Å²) < 4.78 is 26.2. The highest BCUT2D eigenvalue weighted by atomic mass is 32.2. The van der Waals surface area contributed by atoms with Gasteiger partial charge >= 0.3 is 0 Å². The van der Waals surface area contributed by atoms with Gasteiger partial charge in [0.2, 0.25) is 15.6 Å². The molecule has 0 amide bonds. The van der Waals surface area contributed by atoms with Crippen LogP contribution in [0.3, 0.4) is 0 Å². The number of aromatic amines is 1. The lowest BCUT2D eigenvalue weighted by molar-refractivity contribution is 0.347. The third-order valence-corrected chi connectivity index (χ3v) is 4.97. The van der Waals surface area contributed by atoms with Gasteiger partial charge in [-0.1, -0.05) is 0 Å². The van der Waals surface area contributed by atoms with Gasteiger partial charge in [0, 0.05) is 31.9 Å². The van der Waals surface area contributed by atoms with E-state index in [4.69, 9.17) is 0 Å². The molecule has 0 aromatic carbocycles. The van der Waals surface area contributed by atoms with Crippen LogP contribution >= 0.6 is 0 Å². The zero-order valence-electron chi connectivity index (χ0n) is 10.3. The Labute approximate surface area is 106 Å². The Kier molecular flexibility index (Phi) is 3.84. The topological polar surface area (TPSA) is 73.5 Å². The molecule has 1 aliphatic rings. The second-order valence-corrected chi connectivity index (χ2v) is 6.39.